The quantitative estimate of drug-likeness (QED) is 0.709. The predicted molar refractivity (Wildman–Crippen MR) is 116 cm³/mol. The largest absolute Gasteiger partial charge is 0.497 e. The topological polar surface area (TPSA) is 57.7 Å². The molecule has 1 aliphatic rings. The van der Waals surface area contributed by atoms with Crippen LogP contribution in [0.1, 0.15) is 27.8 Å². The molecule has 2 heterocycles. The van der Waals surface area contributed by atoms with E-state index in [0.29, 0.717) is 5.56 Å². The highest BCUT2D eigenvalue weighted by atomic mass is 16.5. The van der Waals surface area contributed by atoms with E-state index in [1.54, 1.807) is 24.3 Å². The zero-order valence-corrected chi connectivity index (χ0v) is 17.0. The van der Waals surface area contributed by atoms with Gasteiger partial charge in [0.2, 0.25) is 0 Å². The van der Waals surface area contributed by atoms with Crippen molar-refractivity contribution >= 4 is 23.0 Å². The zero-order valence-electron chi connectivity index (χ0n) is 17.0. The van der Waals surface area contributed by atoms with Crippen molar-refractivity contribution in [1.82, 2.24) is 4.98 Å². The molecule has 1 aromatic heterocycles. The number of amides is 1. The van der Waals surface area contributed by atoms with Crippen LogP contribution >= 0.6 is 0 Å². The molecule has 6 nitrogen and oxygen atoms in total. The first kappa shape index (κ1) is 18.8. The van der Waals surface area contributed by atoms with Crippen molar-refractivity contribution in [3.63, 3.8) is 0 Å². The Morgan fingerprint density at radius 3 is 2.55 bits per heavy atom. The number of hydrogen-bond acceptors (Lipinski definition) is 5. The first-order chi connectivity index (χ1) is 14.0. The van der Waals surface area contributed by atoms with Crippen molar-refractivity contribution in [3.05, 3.63) is 77.6 Å². The third-order valence-electron chi connectivity index (χ3n) is 5.15. The molecule has 1 unspecified atom stereocenters. The third-order valence-corrected chi connectivity index (χ3v) is 5.15. The smallest absolute Gasteiger partial charge is 0.262 e. The van der Waals surface area contributed by atoms with E-state index < -0.39 is 6.17 Å². The summed E-state index contributed by atoms with van der Waals surface area (Å²) in [4.78, 5) is 21.5. The number of anilines is 3. The van der Waals surface area contributed by atoms with E-state index in [9.17, 15) is 4.79 Å². The van der Waals surface area contributed by atoms with Gasteiger partial charge in [-0.25, -0.2) is 0 Å². The lowest BCUT2D eigenvalue weighted by Crippen LogP contribution is -2.32. The summed E-state index contributed by atoms with van der Waals surface area (Å²) in [5.41, 5.74) is 5.35. The average molecular weight is 388 g/mol. The van der Waals surface area contributed by atoms with Crippen molar-refractivity contribution in [2.24, 2.45) is 0 Å². The van der Waals surface area contributed by atoms with E-state index >= 15 is 0 Å². The molecule has 0 saturated carbocycles. The van der Waals surface area contributed by atoms with Crippen molar-refractivity contribution in [1.29, 1.82) is 0 Å². The van der Waals surface area contributed by atoms with Crippen LogP contribution in [0.5, 0.6) is 5.75 Å². The Kier molecular flexibility index (Phi) is 4.84. The molecule has 1 aliphatic heterocycles. The molecule has 2 aromatic carbocycles. The van der Waals surface area contributed by atoms with Gasteiger partial charge < -0.3 is 15.0 Å². The van der Waals surface area contributed by atoms with E-state index in [0.717, 1.165) is 28.5 Å². The Morgan fingerprint density at radius 1 is 1.10 bits per heavy atom. The maximum atomic E-state index is 13.2. The van der Waals surface area contributed by atoms with Crippen LogP contribution in [0.15, 0.2) is 60.8 Å². The zero-order chi connectivity index (χ0) is 20.5. The number of pyridine rings is 1. The first-order valence-electron chi connectivity index (χ1n) is 9.46. The number of nitrogens with one attached hydrogen (secondary N) is 1. The van der Waals surface area contributed by atoms with Gasteiger partial charge in [-0.05, 0) is 61.0 Å². The molecule has 0 saturated heterocycles. The van der Waals surface area contributed by atoms with Crippen LogP contribution < -0.4 is 19.9 Å². The Balaban J connectivity index is 1.75. The SMILES string of the molecule is COc1ccc(N2C(=O)c3cccnc3C2Nc2ccc(C)c(N(C)C)c2)cc1. The summed E-state index contributed by atoms with van der Waals surface area (Å²) in [7, 11) is 5.66. The summed E-state index contributed by atoms with van der Waals surface area (Å²) in [5, 5.41) is 3.51. The monoisotopic (exact) mass is 388 g/mol. The lowest BCUT2D eigenvalue weighted by atomic mass is 10.1. The number of carbonyl (C=O) groups is 1. The second-order valence-corrected chi connectivity index (χ2v) is 7.25. The molecular formula is C23H24N4O2. The van der Waals surface area contributed by atoms with Gasteiger partial charge >= 0.3 is 0 Å². The summed E-state index contributed by atoms with van der Waals surface area (Å²) in [6, 6.07) is 17.3. The molecule has 0 radical (unpaired) electrons. The van der Waals surface area contributed by atoms with E-state index in [-0.39, 0.29) is 5.91 Å². The van der Waals surface area contributed by atoms with Crippen molar-refractivity contribution in [2.45, 2.75) is 13.1 Å². The number of hydrogen-bond donors (Lipinski definition) is 1. The van der Waals surface area contributed by atoms with Crippen LogP contribution in [-0.2, 0) is 0 Å². The molecule has 1 atom stereocenters. The Labute approximate surface area is 170 Å². The molecule has 4 rings (SSSR count). The first-order valence-corrected chi connectivity index (χ1v) is 9.46. The minimum absolute atomic E-state index is 0.0734. The summed E-state index contributed by atoms with van der Waals surface area (Å²) < 4.78 is 5.25. The van der Waals surface area contributed by atoms with Gasteiger partial charge in [0.25, 0.3) is 5.91 Å². The number of methoxy groups -OCH3 is 1. The standard InChI is InChI=1S/C23H24N4O2/c1-15-7-8-16(14-20(15)26(2)3)25-22-21-19(6-5-13-24-21)23(28)27(22)17-9-11-18(29-4)12-10-17/h5-14,22,25H,1-4H3. The highest BCUT2D eigenvalue weighted by molar-refractivity contribution is 6.11. The Bertz CT molecular complexity index is 1050. The van der Waals surface area contributed by atoms with Crippen LogP contribution in [-0.4, -0.2) is 32.1 Å². The number of fused-ring (bicyclic) bond motifs is 1. The second-order valence-electron chi connectivity index (χ2n) is 7.25. The van der Waals surface area contributed by atoms with E-state index in [1.165, 1.54) is 5.56 Å². The molecule has 1 N–H and O–H groups in total. The summed E-state index contributed by atoms with van der Waals surface area (Å²) in [5.74, 6) is 0.672. The van der Waals surface area contributed by atoms with Crippen molar-refractivity contribution in [2.75, 3.05) is 36.3 Å². The minimum atomic E-state index is -0.398. The second kappa shape index (κ2) is 7.47. The molecule has 0 bridgehead atoms. The van der Waals surface area contributed by atoms with Gasteiger partial charge in [-0.2, -0.15) is 0 Å². The van der Waals surface area contributed by atoms with Crippen molar-refractivity contribution in [3.8, 4) is 5.75 Å². The Morgan fingerprint density at radius 2 is 1.86 bits per heavy atom. The molecule has 6 heteroatoms. The fraction of sp³-hybridized carbons (Fsp3) is 0.217. The number of aryl methyl sites for hydroxylation is 1. The van der Waals surface area contributed by atoms with E-state index in [1.807, 2.05) is 50.5 Å². The predicted octanol–water partition coefficient (Wildman–Crippen LogP) is 4.24. The molecule has 3 aromatic rings. The van der Waals surface area contributed by atoms with Crippen LogP contribution in [0.2, 0.25) is 0 Å². The van der Waals surface area contributed by atoms with E-state index in [4.69, 9.17) is 4.74 Å². The molecular weight excluding hydrogens is 364 g/mol. The lowest BCUT2D eigenvalue weighted by Gasteiger charge is -2.27. The van der Waals surface area contributed by atoms with Gasteiger partial charge in [-0.3, -0.25) is 14.7 Å². The van der Waals surface area contributed by atoms with Gasteiger partial charge in [-0.15, -0.1) is 0 Å². The summed E-state index contributed by atoms with van der Waals surface area (Å²) in [6.45, 7) is 2.08. The summed E-state index contributed by atoms with van der Waals surface area (Å²) >= 11 is 0. The lowest BCUT2D eigenvalue weighted by molar-refractivity contribution is 0.0993. The highest BCUT2D eigenvalue weighted by Gasteiger charge is 2.39. The number of benzene rings is 2. The number of nitrogens with zero attached hydrogens (tertiary/aromatic N) is 3. The minimum Gasteiger partial charge on any atom is -0.497 e. The van der Waals surface area contributed by atoms with Gasteiger partial charge in [0.15, 0.2) is 6.17 Å². The molecule has 148 valence electrons. The highest BCUT2D eigenvalue weighted by Crippen LogP contribution is 2.38. The number of ether oxygens (including phenoxy) is 1. The molecule has 0 spiro atoms. The van der Waals surface area contributed by atoms with Crippen LogP contribution in [0, 0.1) is 6.92 Å². The van der Waals surface area contributed by atoms with Crippen molar-refractivity contribution < 1.29 is 9.53 Å². The number of carbonyl (C=O) groups excluding carboxylic acids is 1. The number of aromatic nitrogens is 1. The van der Waals surface area contributed by atoms with Gasteiger partial charge in [0.1, 0.15) is 5.75 Å². The average Bonchev–Trinajstić information content (AvgIpc) is 3.01. The van der Waals surface area contributed by atoms with E-state index in [2.05, 4.69) is 34.3 Å². The van der Waals surface area contributed by atoms with Gasteiger partial charge in [0.05, 0.1) is 18.4 Å². The fourth-order valence-corrected chi connectivity index (χ4v) is 3.67. The van der Waals surface area contributed by atoms with Crippen LogP contribution in [0.4, 0.5) is 17.1 Å². The van der Waals surface area contributed by atoms with Crippen LogP contribution in [0.25, 0.3) is 0 Å². The third kappa shape index (κ3) is 3.38. The molecule has 1 amide bonds. The maximum Gasteiger partial charge on any atom is 0.262 e. The maximum absolute atomic E-state index is 13.2. The number of rotatable bonds is 5. The van der Waals surface area contributed by atoms with Gasteiger partial charge in [-0.1, -0.05) is 6.07 Å². The van der Waals surface area contributed by atoms with Gasteiger partial charge in [0, 0.05) is 37.4 Å². The van der Waals surface area contributed by atoms with Crippen LogP contribution in [0.3, 0.4) is 0 Å². The fourth-order valence-electron chi connectivity index (χ4n) is 3.67. The normalized spacial score (nSPS) is 15.2. The molecule has 29 heavy (non-hydrogen) atoms. The summed E-state index contributed by atoms with van der Waals surface area (Å²) in [6.07, 6.45) is 1.32. The molecule has 0 fully saturated rings. The molecule has 0 aliphatic carbocycles. The Hall–Kier alpha value is -3.54.